The first-order valence-electron chi connectivity index (χ1n) is 6.29. The maximum Gasteiger partial charge on any atom is 0.260 e. The number of nitrogens with one attached hydrogen (secondary N) is 2. The minimum Gasteiger partial charge on any atom is -0.381 e. The topological polar surface area (TPSA) is 87.3 Å². The van der Waals surface area contributed by atoms with E-state index in [0.717, 1.165) is 12.8 Å². The van der Waals surface area contributed by atoms with Gasteiger partial charge in [0.2, 0.25) is 0 Å². The number of rotatable bonds is 5. The molecule has 7 nitrogen and oxygen atoms in total. The van der Waals surface area contributed by atoms with E-state index < -0.39 is 10.0 Å². The molecule has 0 atom stereocenters. The SMILES string of the molecule is CNCc1cn[nH]c1S(=O)(=O)N1CCC(OC)CC1. The van der Waals surface area contributed by atoms with Gasteiger partial charge in [-0.25, -0.2) is 8.42 Å². The summed E-state index contributed by atoms with van der Waals surface area (Å²) in [5.41, 5.74) is 0.663. The zero-order chi connectivity index (χ0) is 13.9. The molecule has 2 heterocycles. The number of aromatic amines is 1. The predicted molar refractivity (Wildman–Crippen MR) is 70.1 cm³/mol. The van der Waals surface area contributed by atoms with E-state index in [-0.39, 0.29) is 11.1 Å². The molecule has 19 heavy (non-hydrogen) atoms. The summed E-state index contributed by atoms with van der Waals surface area (Å²) in [6, 6.07) is 0. The van der Waals surface area contributed by atoms with Gasteiger partial charge in [-0.2, -0.15) is 9.40 Å². The largest absolute Gasteiger partial charge is 0.381 e. The van der Waals surface area contributed by atoms with Crippen LogP contribution in [0.4, 0.5) is 0 Å². The monoisotopic (exact) mass is 288 g/mol. The molecule has 0 bridgehead atoms. The van der Waals surface area contributed by atoms with E-state index in [2.05, 4.69) is 15.5 Å². The third-order valence-corrected chi connectivity index (χ3v) is 5.29. The highest BCUT2D eigenvalue weighted by Crippen LogP contribution is 2.22. The molecule has 2 N–H and O–H groups in total. The fourth-order valence-electron chi connectivity index (χ4n) is 2.28. The molecule has 1 aromatic heterocycles. The fraction of sp³-hybridized carbons (Fsp3) is 0.727. The number of piperidine rings is 1. The maximum absolute atomic E-state index is 12.5. The highest BCUT2D eigenvalue weighted by molar-refractivity contribution is 7.89. The van der Waals surface area contributed by atoms with Gasteiger partial charge in [0.1, 0.15) is 0 Å². The van der Waals surface area contributed by atoms with Crippen LogP contribution in [0.25, 0.3) is 0 Å². The molecule has 0 saturated carbocycles. The van der Waals surface area contributed by atoms with Crippen molar-refractivity contribution in [3.8, 4) is 0 Å². The van der Waals surface area contributed by atoms with Gasteiger partial charge >= 0.3 is 0 Å². The molecule has 1 aliphatic rings. The second-order valence-electron chi connectivity index (χ2n) is 4.59. The fourth-order valence-corrected chi connectivity index (χ4v) is 3.85. The Kier molecular flexibility index (Phi) is 4.56. The van der Waals surface area contributed by atoms with Crippen molar-refractivity contribution in [2.45, 2.75) is 30.5 Å². The van der Waals surface area contributed by atoms with Crippen LogP contribution < -0.4 is 5.32 Å². The molecule has 8 heteroatoms. The summed E-state index contributed by atoms with van der Waals surface area (Å²) in [6.45, 7) is 1.44. The van der Waals surface area contributed by atoms with E-state index in [0.29, 0.717) is 25.2 Å². The van der Waals surface area contributed by atoms with Crippen LogP contribution >= 0.6 is 0 Å². The molecule has 0 unspecified atom stereocenters. The number of hydrogen-bond acceptors (Lipinski definition) is 5. The van der Waals surface area contributed by atoms with E-state index in [4.69, 9.17) is 4.74 Å². The second-order valence-corrected chi connectivity index (χ2v) is 6.47. The summed E-state index contributed by atoms with van der Waals surface area (Å²) in [7, 11) is -0.0507. The molecule has 0 aromatic carbocycles. The Balaban J connectivity index is 2.16. The number of aromatic nitrogens is 2. The van der Waals surface area contributed by atoms with Crippen LogP contribution in [0.3, 0.4) is 0 Å². The van der Waals surface area contributed by atoms with Gasteiger partial charge in [0.15, 0.2) is 5.03 Å². The van der Waals surface area contributed by atoms with Crippen LogP contribution in [0.2, 0.25) is 0 Å². The Hall–Kier alpha value is -0.960. The third-order valence-electron chi connectivity index (χ3n) is 3.38. The van der Waals surface area contributed by atoms with Crippen LogP contribution in [-0.4, -0.2) is 56.3 Å². The first-order chi connectivity index (χ1) is 9.09. The minimum absolute atomic E-state index is 0.157. The van der Waals surface area contributed by atoms with Crippen molar-refractivity contribution in [1.82, 2.24) is 19.8 Å². The Morgan fingerprint density at radius 2 is 2.21 bits per heavy atom. The van der Waals surface area contributed by atoms with Gasteiger partial charge in [-0.1, -0.05) is 0 Å². The highest BCUT2D eigenvalue weighted by Gasteiger charge is 2.31. The molecule has 1 aliphatic heterocycles. The molecular weight excluding hydrogens is 268 g/mol. The van der Waals surface area contributed by atoms with Crippen LogP contribution in [0.15, 0.2) is 11.2 Å². The van der Waals surface area contributed by atoms with Crippen LogP contribution in [0.5, 0.6) is 0 Å². The quantitative estimate of drug-likeness (QED) is 0.792. The van der Waals surface area contributed by atoms with Gasteiger partial charge in [-0.15, -0.1) is 0 Å². The average molecular weight is 288 g/mol. The zero-order valence-electron chi connectivity index (χ0n) is 11.2. The van der Waals surface area contributed by atoms with Gasteiger partial charge < -0.3 is 10.1 Å². The Bertz CT molecular complexity index is 506. The Labute approximate surface area is 113 Å². The summed E-state index contributed by atoms with van der Waals surface area (Å²) in [5, 5.41) is 9.57. The second kappa shape index (κ2) is 6.00. The number of hydrogen-bond donors (Lipinski definition) is 2. The van der Waals surface area contributed by atoms with E-state index >= 15 is 0 Å². The molecule has 0 amide bonds. The predicted octanol–water partition coefficient (Wildman–Crippen LogP) is -0.0714. The number of H-pyrrole nitrogens is 1. The number of sulfonamides is 1. The highest BCUT2D eigenvalue weighted by atomic mass is 32.2. The minimum atomic E-state index is -3.48. The van der Waals surface area contributed by atoms with Gasteiger partial charge in [-0.05, 0) is 19.9 Å². The van der Waals surface area contributed by atoms with Crippen LogP contribution in [0.1, 0.15) is 18.4 Å². The molecule has 0 aliphatic carbocycles. The van der Waals surface area contributed by atoms with Crippen molar-refractivity contribution in [2.24, 2.45) is 0 Å². The van der Waals surface area contributed by atoms with Gasteiger partial charge in [-0.3, -0.25) is 5.10 Å². The molecule has 0 spiro atoms. The zero-order valence-corrected chi connectivity index (χ0v) is 12.0. The summed E-state index contributed by atoms with van der Waals surface area (Å²) in [6.07, 6.45) is 3.16. The number of methoxy groups -OCH3 is 1. The first kappa shape index (κ1) is 14.4. The van der Waals surface area contributed by atoms with Crippen molar-refractivity contribution in [2.75, 3.05) is 27.2 Å². The van der Waals surface area contributed by atoms with Crippen molar-refractivity contribution < 1.29 is 13.2 Å². The van der Waals surface area contributed by atoms with Gasteiger partial charge in [0.25, 0.3) is 10.0 Å². The number of nitrogens with zero attached hydrogens (tertiary/aromatic N) is 2. The Morgan fingerprint density at radius 3 is 2.79 bits per heavy atom. The Morgan fingerprint density at radius 1 is 1.53 bits per heavy atom. The molecule has 0 radical (unpaired) electrons. The molecular formula is C11H20N4O3S. The molecule has 1 aromatic rings. The maximum atomic E-state index is 12.5. The molecule has 108 valence electrons. The normalized spacial score (nSPS) is 18.8. The summed E-state index contributed by atoms with van der Waals surface area (Å²) in [4.78, 5) is 0. The summed E-state index contributed by atoms with van der Waals surface area (Å²) >= 11 is 0. The molecule has 2 rings (SSSR count). The lowest BCUT2D eigenvalue weighted by Gasteiger charge is -2.30. The smallest absolute Gasteiger partial charge is 0.260 e. The van der Waals surface area contributed by atoms with Crippen molar-refractivity contribution in [3.05, 3.63) is 11.8 Å². The lowest BCUT2D eigenvalue weighted by Crippen LogP contribution is -2.41. The van der Waals surface area contributed by atoms with E-state index in [9.17, 15) is 8.42 Å². The summed E-state index contributed by atoms with van der Waals surface area (Å²) in [5.74, 6) is 0. The van der Waals surface area contributed by atoms with Crippen molar-refractivity contribution in [1.29, 1.82) is 0 Å². The first-order valence-corrected chi connectivity index (χ1v) is 7.73. The van der Waals surface area contributed by atoms with Gasteiger partial charge in [0, 0.05) is 32.3 Å². The summed E-state index contributed by atoms with van der Waals surface area (Å²) < 4.78 is 31.8. The molecule has 1 fully saturated rings. The lowest BCUT2D eigenvalue weighted by molar-refractivity contribution is 0.0604. The van der Waals surface area contributed by atoms with E-state index in [1.165, 1.54) is 4.31 Å². The van der Waals surface area contributed by atoms with Crippen LogP contribution in [-0.2, 0) is 21.3 Å². The van der Waals surface area contributed by atoms with Crippen molar-refractivity contribution >= 4 is 10.0 Å². The van der Waals surface area contributed by atoms with Crippen molar-refractivity contribution in [3.63, 3.8) is 0 Å². The number of ether oxygens (including phenoxy) is 1. The molecule has 1 saturated heterocycles. The standard InChI is InChI=1S/C11H20N4O3S/c1-12-7-9-8-13-14-11(9)19(16,17)15-5-3-10(18-2)4-6-15/h8,10,12H,3-7H2,1-2H3,(H,13,14). The van der Waals surface area contributed by atoms with E-state index in [1.54, 1.807) is 20.4 Å². The third kappa shape index (κ3) is 2.97. The van der Waals surface area contributed by atoms with Gasteiger partial charge in [0.05, 0.1) is 12.3 Å². The lowest BCUT2D eigenvalue weighted by atomic mass is 10.1. The van der Waals surface area contributed by atoms with E-state index in [1.807, 2.05) is 0 Å². The van der Waals surface area contributed by atoms with Crippen LogP contribution in [0, 0.1) is 0 Å². The average Bonchev–Trinajstić information content (AvgIpc) is 2.88.